The van der Waals surface area contributed by atoms with Gasteiger partial charge >= 0.3 is 0 Å². The van der Waals surface area contributed by atoms with Gasteiger partial charge in [-0.05, 0) is 19.4 Å². The second kappa shape index (κ2) is 9.65. The molecule has 0 aliphatic carbocycles. The van der Waals surface area contributed by atoms with Gasteiger partial charge < -0.3 is 15.5 Å². The van der Waals surface area contributed by atoms with Crippen LogP contribution in [0.2, 0.25) is 0 Å². The molecule has 2 rings (SSSR count). The lowest BCUT2D eigenvalue weighted by Gasteiger charge is -2.18. The van der Waals surface area contributed by atoms with Crippen LogP contribution < -0.4 is 10.6 Å². The lowest BCUT2D eigenvalue weighted by atomic mass is 10.3. The molecule has 0 saturated carbocycles. The fourth-order valence-corrected chi connectivity index (χ4v) is 2.38. The van der Waals surface area contributed by atoms with Crippen molar-refractivity contribution < 1.29 is 4.79 Å². The van der Waals surface area contributed by atoms with Crippen LogP contribution in [0.3, 0.4) is 0 Å². The van der Waals surface area contributed by atoms with E-state index in [1.807, 2.05) is 24.8 Å². The maximum atomic E-state index is 11.7. The molecule has 1 aliphatic rings. The second-order valence-electron chi connectivity index (χ2n) is 5.10. The topological polar surface area (TPSA) is 85.4 Å². The first kappa shape index (κ1) is 18.7. The summed E-state index contributed by atoms with van der Waals surface area (Å²) >= 11 is 0. The number of aromatic amines is 1. The molecule has 1 atom stereocenters. The fourth-order valence-electron chi connectivity index (χ4n) is 2.38. The lowest BCUT2D eigenvalue weighted by Crippen LogP contribution is -2.45. The smallest absolute Gasteiger partial charge is 0.222 e. The van der Waals surface area contributed by atoms with Crippen LogP contribution >= 0.6 is 24.0 Å². The number of carbonyl (C=O) groups is 1. The minimum absolute atomic E-state index is 0. The van der Waals surface area contributed by atoms with Crippen LogP contribution in [0.25, 0.3) is 0 Å². The SMILES string of the molecule is CCNC(=NCc1ccn[nH]1)NC1CCN(C(=O)CC)C1.I. The number of amides is 1. The van der Waals surface area contributed by atoms with Crippen molar-refractivity contribution in [2.24, 2.45) is 4.99 Å². The Morgan fingerprint density at radius 1 is 1.55 bits per heavy atom. The van der Waals surface area contributed by atoms with Crippen LogP contribution in [0, 0.1) is 0 Å². The van der Waals surface area contributed by atoms with Crippen molar-refractivity contribution in [3.63, 3.8) is 0 Å². The van der Waals surface area contributed by atoms with Gasteiger partial charge in [0, 0.05) is 38.3 Å². The number of H-pyrrole nitrogens is 1. The molecule has 1 aliphatic heterocycles. The van der Waals surface area contributed by atoms with Crippen LogP contribution in [0.4, 0.5) is 0 Å². The number of hydrogen-bond donors (Lipinski definition) is 3. The maximum absolute atomic E-state index is 11.7. The average Bonchev–Trinajstić information content (AvgIpc) is 3.15. The monoisotopic (exact) mass is 420 g/mol. The molecule has 1 aromatic rings. The predicted octanol–water partition coefficient (Wildman–Crippen LogP) is 1.09. The first-order valence-corrected chi connectivity index (χ1v) is 7.53. The Hall–Kier alpha value is -1.32. The number of nitrogens with zero attached hydrogens (tertiary/aromatic N) is 3. The lowest BCUT2D eigenvalue weighted by molar-refractivity contribution is -0.129. The quantitative estimate of drug-likeness (QED) is 0.378. The molecule has 1 unspecified atom stereocenters. The Morgan fingerprint density at radius 2 is 2.36 bits per heavy atom. The maximum Gasteiger partial charge on any atom is 0.222 e. The van der Waals surface area contributed by atoms with Crippen molar-refractivity contribution >= 4 is 35.8 Å². The van der Waals surface area contributed by atoms with Gasteiger partial charge in [-0.15, -0.1) is 24.0 Å². The van der Waals surface area contributed by atoms with Crippen molar-refractivity contribution in [2.45, 2.75) is 39.3 Å². The molecule has 22 heavy (non-hydrogen) atoms. The molecule has 1 amide bonds. The number of aromatic nitrogens is 2. The van der Waals surface area contributed by atoms with Gasteiger partial charge in [-0.25, -0.2) is 4.99 Å². The second-order valence-corrected chi connectivity index (χ2v) is 5.10. The van der Waals surface area contributed by atoms with Gasteiger partial charge in [-0.1, -0.05) is 6.92 Å². The number of rotatable bonds is 5. The Bertz CT molecular complexity index is 476. The summed E-state index contributed by atoms with van der Waals surface area (Å²) in [6, 6.07) is 2.17. The summed E-state index contributed by atoms with van der Waals surface area (Å²) in [6.07, 6.45) is 3.25. The Balaban J connectivity index is 0.00000242. The number of nitrogens with one attached hydrogen (secondary N) is 3. The summed E-state index contributed by atoms with van der Waals surface area (Å²) in [5, 5.41) is 13.4. The van der Waals surface area contributed by atoms with Crippen LogP contribution in [-0.2, 0) is 11.3 Å². The van der Waals surface area contributed by atoms with E-state index in [9.17, 15) is 4.79 Å². The van der Waals surface area contributed by atoms with E-state index in [-0.39, 0.29) is 35.9 Å². The first-order valence-electron chi connectivity index (χ1n) is 7.53. The van der Waals surface area contributed by atoms with Gasteiger partial charge in [0.25, 0.3) is 0 Å². The highest BCUT2D eigenvalue weighted by atomic mass is 127. The normalized spacial score (nSPS) is 18.0. The van der Waals surface area contributed by atoms with Gasteiger partial charge in [-0.3, -0.25) is 9.89 Å². The van der Waals surface area contributed by atoms with E-state index in [0.717, 1.165) is 37.7 Å². The van der Waals surface area contributed by atoms with E-state index in [1.165, 1.54) is 0 Å². The largest absolute Gasteiger partial charge is 0.357 e. The number of carbonyl (C=O) groups excluding carboxylic acids is 1. The third-order valence-electron chi connectivity index (χ3n) is 3.49. The van der Waals surface area contributed by atoms with Gasteiger partial charge in [0.1, 0.15) is 0 Å². The standard InChI is InChI=1S/C14H24N6O.HI/c1-3-13(21)20-8-6-12(10-20)18-14(15-4-2)16-9-11-5-7-17-19-11;/h5,7,12H,3-4,6,8-10H2,1-2H3,(H,17,19)(H2,15,16,18);1H. The van der Waals surface area contributed by atoms with E-state index >= 15 is 0 Å². The molecule has 2 heterocycles. The Morgan fingerprint density at radius 3 is 3.00 bits per heavy atom. The van der Waals surface area contributed by atoms with Crippen molar-refractivity contribution in [1.82, 2.24) is 25.7 Å². The van der Waals surface area contributed by atoms with E-state index in [1.54, 1.807) is 6.20 Å². The number of likely N-dealkylation sites (tertiary alicyclic amines) is 1. The molecule has 1 aromatic heterocycles. The van der Waals surface area contributed by atoms with E-state index in [4.69, 9.17) is 0 Å². The highest BCUT2D eigenvalue weighted by Gasteiger charge is 2.25. The van der Waals surface area contributed by atoms with Gasteiger partial charge in [0.05, 0.1) is 12.2 Å². The summed E-state index contributed by atoms with van der Waals surface area (Å²) in [7, 11) is 0. The van der Waals surface area contributed by atoms with Crippen molar-refractivity contribution in [3.8, 4) is 0 Å². The molecule has 7 nitrogen and oxygen atoms in total. The van der Waals surface area contributed by atoms with Crippen LogP contribution in [0.15, 0.2) is 17.3 Å². The molecule has 0 spiro atoms. The van der Waals surface area contributed by atoms with Crippen LogP contribution in [0.5, 0.6) is 0 Å². The number of aliphatic imine (C=N–C) groups is 1. The average molecular weight is 420 g/mol. The van der Waals surface area contributed by atoms with Gasteiger partial charge in [0.2, 0.25) is 5.91 Å². The Kier molecular flexibility index (Phi) is 8.21. The molecule has 0 radical (unpaired) electrons. The third-order valence-corrected chi connectivity index (χ3v) is 3.49. The van der Waals surface area contributed by atoms with E-state index in [2.05, 4.69) is 25.8 Å². The van der Waals surface area contributed by atoms with Crippen molar-refractivity contribution in [1.29, 1.82) is 0 Å². The summed E-state index contributed by atoms with van der Waals surface area (Å²) in [4.78, 5) is 18.1. The zero-order chi connectivity index (χ0) is 15.1. The first-order chi connectivity index (χ1) is 10.2. The van der Waals surface area contributed by atoms with Crippen molar-refractivity contribution in [2.75, 3.05) is 19.6 Å². The minimum atomic E-state index is 0. The third kappa shape index (κ3) is 5.47. The zero-order valence-corrected chi connectivity index (χ0v) is 15.5. The molecular weight excluding hydrogens is 395 g/mol. The predicted molar refractivity (Wildman–Crippen MR) is 97.2 cm³/mol. The highest BCUT2D eigenvalue weighted by Crippen LogP contribution is 2.10. The molecule has 3 N–H and O–H groups in total. The van der Waals surface area contributed by atoms with Crippen LogP contribution in [0.1, 0.15) is 32.4 Å². The molecule has 8 heteroatoms. The summed E-state index contributed by atoms with van der Waals surface area (Å²) in [5.74, 6) is 1.00. The molecule has 0 aromatic carbocycles. The van der Waals surface area contributed by atoms with Gasteiger partial charge in [-0.2, -0.15) is 5.10 Å². The highest BCUT2D eigenvalue weighted by molar-refractivity contribution is 14.0. The molecule has 0 bridgehead atoms. The van der Waals surface area contributed by atoms with E-state index in [0.29, 0.717) is 13.0 Å². The number of halogens is 1. The zero-order valence-electron chi connectivity index (χ0n) is 13.1. The Labute approximate surface area is 148 Å². The minimum Gasteiger partial charge on any atom is -0.357 e. The summed E-state index contributed by atoms with van der Waals surface area (Å²) in [6.45, 7) is 6.87. The fraction of sp³-hybridized carbons (Fsp3) is 0.643. The molecule has 124 valence electrons. The van der Waals surface area contributed by atoms with Crippen molar-refractivity contribution in [3.05, 3.63) is 18.0 Å². The van der Waals surface area contributed by atoms with Crippen LogP contribution in [-0.4, -0.2) is 52.6 Å². The molecule has 1 saturated heterocycles. The number of hydrogen-bond acceptors (Lipinski definition) is 3. The van der Waals surface area contributed by atoms with E-state index < -0.39 is 0 Å². The summed E-state index contributed by atoms with van der Waals surface area (Å²) < 4.78 is 0. The molecular formula is C14H25IN6O. The van der Waals surface area contributed by atoms with Gasteiger partial charge in [0.15, 0.2) is 5.96 Å². The number of guanidine groups is 1. The summed E-state index contributed by atoms with van der Waals surface area (Å²) in [5.41, 5.74) is 0.974. The molecule has 1 fully saturated rings.